The molecule has 0 aromatic heterocycles. The Bertz CT molecular complexity index is 900. The molecule has 0 amide bonds. The van der Waals surface area contributed by atoms with Crippen molar-refractivity contribution in [2.45, 2.75) is 77.7 Å². The number of Topliss-reactive ketones (excluding diaryl/α,β-unsaturated/α-hetero) is 1. The van der Waals surface area contributed by atoms with Crippen molar-refractivity contribution in [2.75, 3.05) is 0 Å². The molecule has 3 aliphatic carbocycles. The Morgan fingerprint density at radius 3 is 2.52 bits per heavy atom. The molecule has 0 spiro atoms. The molecule has 2 heteroatoms. The van der Waals surface area contributed by atoms with E-state index in [9.17, 15) is 9.90 Å². The van der Waals surface area contributed by atoms with Crippen LogP contribution in [0.2, 0.25) is 0 Å². The van der Waals surface area contributed by atoms with Crippen LogP contribution in [0.3, 0.4) is 0 Å². The van der Waals surface area contributed by atoms with E-state index in [4.69, 9.17) is 0 Å². The molecule has 0 heterocycles. The zero-order valence-electron chi connectivity index (χ0n) is 17.8. The van der Waals surface area contributed by atoms with Gasteiger partial charge in [-0.1, -0.05) is 55.7 Å². The van der Waals surface area contributed by atoms with Gasteiger partial charge in [-0.15, -0.1) is 0 Å². The third-order valence-corrected chi connectivity index (χ3v) is 7.25. The molecule has 1 aromatic rings. The SMILES string of the molecule is CC1=C2CCC[C@H](O)[C@@]2(C)C/C(=C\c2ccc(C#CC3CCCCC3)cc2)C1=O. The van der Waals surface area contributed by atoms with Gasteiger partial charge in [0.1, 0.15) is 0 Å². The van der Waals surface area contributed by atoms with E-state index in [0.29, 0.717) is 12.3 Å². The van der Waals surface area contributed by atoms with E-state index in [1.54, 1.807) is 0 Å². The third-order valence-electron chi connectivity index (χ3n) is 7.25. The van der Waals surface area contributed by atoms with Crippen molar-refractivity contribution >= 4 is 11.9 Å². The number of rotatable bonds is 1. The van der Waals surface area contributed by atoms with Gasteiger partial charge in [0.2, 0.25) is 0 Å². The van der Waals surface area contributed by atoms with Crippen molar-refractivity contribution in [3.63, 3.8) is 0 Å². The van der Waals surface area contributed by atoms with Gasteiger partial charge in [-0.2, -0.15) is 0 Å². The van der Waals surface area contributed by atoms with Crippen molar-refractivity contribution in [1.29, 1.82) is 0 Å². The molecule has 1 N–H and O–H groups in total. The minimum atomic E-state index is -0.366. The minimum absolute atomic E-state index is 0.146. The summed E-state index contributed by atoms with van der Waals surface area (Å²) in [7, 11) is 0. The molecule has 1 aromatic carbocycles. The van der Waals surface area contributed by atoms with Gasteiger partial charge in [0, 0.05) is 22.5 Å². The molecule has 0 saturated heterocycles. The first kappa shape index (κ1) is 20.2. The Morgan fingerprint density at radius 2 is 1.79 bits per heavy atom. The molecule has 2 saturated carbocycles. The second kappa shape index (κ2) is 8.33. The lowest BCUT2D eigenvalue weighted by atomic mass is 9.61. The molecule has 3 aliphatic rings. The monoisotopic (exact) mass is 388 g/mol. The highest BCUT2D eigenvalue weighted by atomic mass is 16.3. The van der Waals surface area contributed by atoms with Crippen molar-refractivity contribution in [2.24, 2.45) is 11.3 Å². The molecule has 0 bridgehead atoms. The van der Waals surface area contributed by atoms with Crippen molar-refractivity contribution in [1.82, 2.24) is 0 Å². The number of ketones is 1. The zero-order chi connectivity index (χ0) is 20.4. The third kappa shape index (κ3) is 4.12. The fourth-order valence-corrected chi connectivity index (χ4v) is 5.38. The first-order chi connectivity index (χ1) is 14.0. The highest BCUT2D eigenvalue weighted by molar-refractivity contribution is 6.12. The summed E-state index contributed by atoms with van der Waals surface area (Å²) in [5.41, 5.74) is 4.61. The Hall–Kier alpha value is -2.11. The van der Waals surface area contributed by atoms with Gasteiger partial charge >= 0.3 is 0 Å². The fourth-order valence-electron chi connectivity index (χ4n) is 5.38. The summed E-state index contributed by atoms with van der Waals surface area (Å²) in [5.74, 6) is 7.47. The molecule has 4 rings (SSSR count). The van der Waals surface area contributed by atoms with Crippen molar-refractivity contribution < 1.29 is 9.90 Å². The lowest BCUT2D eigenvalue weighted by molar-refractivity contribution is -0.113. The molecule has 152 valence electrons. The van der Waals surface area contributed by atoms with Gasteiger partial charge in [0.25, 0.3) is 0 Å². The fraction of sp³-hybridized carbons (Fsp3) is 0.519. The summed E-state index contributed by atoms with van der Waals surface area (Å²) in [6, 6.07) is 8.22. The second-order valence-electron chi connectivity index (χ2n) is 9.33. The number of allylic oxidation sites excluding steroid dienone is 2. The number of carbonyl (C=O) groups is 1. The van der Waals surface area contributed by atoms with Crippen LogP contribution < -0.4 is 0 Å². The lowest BCUT2D eigenvalue weighted by Gasteiger charge is -2.45. The highest BCUT2D eigenvalue weighted by Crippen LogP contribution is 2.50. The normalized spacial score (nSPS) is 29.4. The van der Waals surface area contributed by atoms with Gasteiger partial charge in [0.15, 0.2) is 5.78 Å². The van der Waals surface area contributed by atoms with E-state index in [1.165, 1.54) is 37.7 Å². The number of fused-ring (bicyclic) bond motifs is 1. The lowest BCUT2D eigenvalue weighted by Crippen LogP contribution is -2.42. The first-order valence-corrected chi connectivity index (χ1v) is 11.2. The standard InChI is InChI=1S/C27H32O2/c1-19-24-9-6-10-25(28)27(24,2)18-23(26(19)29)17-22-15-13-21(14-16-22)12-11-20-7-4-3-5-8-20/h13-17,20,25,28H,3-10,18H2,1-2H3/b23-17+/t25-,27-/m0/s1. The average molecular weight is 389 g/mol. The van der Waals surface area contributed by atoms with E-state index in [0.717, 1.165) is 41.5 Å². The Balaban J connectivity index is 1.54. The number of hydrogen-bond acceptors (Lipinski definition) is 2. The number of aliphatic hydroxyl groups is 1. The number of aliphatic hydroxyl groups excluding tert-OH is 1. The topological polar surface area (TPSA) is 37.3 Å². The quantitative estimate of drug-likeness (QED) is 0.484. The Kier molecular flexibility index (Phi) is 5.79. The number of hydrogen-bond donors (Lipinski definition) is 1. The molecule has 2 nitrogen and oxygen atoms in total. The van der Waals surface area contributed by atoms with Crippen molar-refractivity contribution in [3.8, 4) is 11.8 Å². The Morgan fingerprint density at radius 1 is 1.07 bits per heavy atom. The molecule has 2 atom stereocenters. The van der Waals surface area contributed by atoms with Gasteiger partial charge in [0.05, 0.1) is 6.10 Å². The summed E-state index contributed by atoms with van der Waals surface area (Å²) in [5, 5.41) is 10.7. The highest BCUT2D eigenvalue weighted by Gasteiger charge is 2.45. The molecule has 0 aliphatic heterocycles. The summed E-state index contributed by atoms with van der Waals surface area (Å²) < 4.78 is 0. The first-order valence-electron chi connectivity index (χ1n) is 11.2. The summed E-state index contributed by atoms with van der Waals surface area (Å²) in [6.07, 6.45) is 11.4. The molecular weight excluding hydrogens is 356 g/mol. The van der Waals surface area contributed by atoms with E-state index >= 15 is 0 Å². The zero-order valence-corrected chi connectivity index (χ0v) is 17.8. The molecule has 0 radical (unpaired) electrons. The predicted octanol–water partition coefficient (Wildman–Crippen LogP) is 5.84. The molecule has 29 heavy (non-hydrogen) atoms. The van der Waals surface area contributed by atoms with Crippen LogP contribution in [0.1, 0.15) is 82.8 Å². The average Bonchev–Trinajstić information content (AvgIpc) is 2.74. The second-order valence-corrected chi connectivity index (χ2v) is 9.33. The predicted molar refractivity (Wildman–Crippen MR) is 118 cm³/mol. The molecule has 2 fully saturated rings. The smallest absolute Gasteiger partial charge is 0.184 e. The number of benzene rings is 1. The maximum Gasteiger partial charge on any atom is 0.184 e. The summed E-state index contributed by atoms with van der Waals surface area (Å²) >= 11 is 0. The van der Waals surface area contributed by atoms with E-state index < -0.39 is 0 Å². The van der Waals surface area contributed by atoms with Crippen LogP contribution in [0, 0.1) is 23.2 Å². The van der Waals surface area contributed by atoms with Gasteiger partial charge in [-0.05, 0) is 74.8 Å². The van der Waals surface area contributed by atoms with Crippen molar-refractivity contribution in [3.05, 3.63) is 52.1 Å². The minimum Gasteiger partial charge on any atom is -0.392 e. The van der Waals surface area contributed by atoms with Gasteiger partial charge < -0.3 is 5.11 Å². The van der Waals surface area contributed by atoms with Crippen LogP contribution >= 0.6 is 0 Å². The van der Waals surface area contributed by atoms with Crippen LogP contribution in [-0.4, -0.2) is 17.0 Å². The van der Waals surface area contributed by atoms with Gasteiger partial charge in [-0.25, -0.2) is 0 Å². The van der Waals surface area contributed by atoms with Crippen LogP contribution in [0.5, 0.6) is 0 Å². The number of carbonyl (C=O) groups excluding carboxylic acids is 1. The van der Waals surface area contributed by atoms with Gasteiger partial charge in [-0.3, -0.25) is 4.79 Å². The largest absolute Gasteiger partial charge is 0.392 e. The summed E-state index contributed by atoms with van der Waals surface area (Å²) in [4.78, 5) is 12.9. The van der Waals surface area contributed by atoms with Crippen LogP contribution in [0.25, 0.3) is 6.08 Å². The Labute approximate surface area is 175 Å². The van der Waals surface area contributed by atoms with E-state index in [1.807, 2.05) is 13.0 Å². The molecule has 0 unspecified atom stereocenters. The van der Waals surface area contributed by atoms with E-state index in [-0.39, 0.29) is 17.3 Å². The molecular formula is C27H32O2. The van der Waals surface area contributed by atoms with Crippen LogP contribution in [0.15, 0.2) is 41.0 Å². The van der Waals surface area contributed by atoms with Crippen LogP contribution in [0.4, 0.5) is 0 Å². The van der Waals surface area contributed by atoms with Crippen LogP contribution in [-0.2, 0) is 4.79 Å². The van der Waals surface area contributed by atoms with E-state index in [2.05, 4.69) is 43.0 Å². The maximum absolute atomic E-state index is 12.9. The summed E-state index contributed by atoms with van der Waals surface area (Å²) in [6.45, 7) is 4.06. The maximum atomic E-state index is 12.9.